The molecule has 0 aliphatic carbocycles. The number of amides is 1. The summed E-state index contributed by atoms with van der Waals surface area (Å²) in [7, 11) is 1.27. The molecule has 21 heavy (non-hydrogen) atoms. The van der Waals surface area contributed by atoms with E-state index in [-0.39, 0.29) is 0 Å². The second-order valence-corrected chi connectivity index (χ2v) is 4.92. The smallest absolute Gasteiger partial charge is 0.350 e. The minimum absolute atomic E-state index is 0.310. The first kappa shape index (κ1) is 14.9. The van der Waals surface area contributed by atoms with E-state index >= 15 is 0 Å². The van der Waals surface area contributed by atoms with Gasteiger partial charge in [-0.25, -0.2) is 9.18 Å². The Balaban J connectivity index is 2.08. The molecule has 0 aliphatic heterocycles. The van der Waals surface area contributed by atoms with E-state index in [0.29, 0.717) is 16.1 Å². The number of carbonyl (C=O) groups excluding carboxylic acids is 2. The summed E-state index contributed by atoms with van der Waals surface area (Å²) in [6.07, 6.45) is 2.58. The molecule has 2 aromatic rings. The Morgan fingerprint density at radius 2 is 2.05 bits per heavy atom. The molecule has 1 heterocycles. The Bertz CT molecular complexity index is 694. The molecule has 4 nitrogen and oxygen atoms in total. The Morgan fingerprint density at radius 3 is 2.76 bits per heavy atom. The fraction of sp³-hybridized carbons (Fsp3) is 0.0667. The molecule has 1 aromatic heterocycles. The Labute approximate surface area is 124 Å². The molecule has 2 rings (SSSR count). The first-order chi connectivity index (χ1) is 10.1. The third kappa shape index (κ3) is 3.76. The number of anilines is 1. The van der Waals surface area contributed by atoms with E-state index < -0.39 is 17.7 Å². The summed E-state index contributed by atoms with van der Waals surface area (Å²) in [6.45, 7) is 0. The first-order valence-corrected chi connectivity index (χ1v) is 6.89. The summed E-state index contributed by atoms with van der Waals surface area (Å²) in [4.78, 5) is 23.6. The van der Waals surface area contributed by atoms with Crippen LogP contribution in [0, 0.1) is 5.82 Å². The molecule has 0 unspecified atom stereocenters. The number of thiophene rings is 1. The van der Waals surface area contributed by atoms with Crippen molar-refractivity contribution in [3.8, 4) is 0 Å². The van der Waals surface area contributed by atoms with Crippen LogP contribution < -0.4 is 5.32 Å². The third-order valence-corrected chi connectivity index (χ3v) is 3.51. The average Bonchev–Trinajstić information content (AvgIpc) is 2.93. The van der Waals surface area contributed by atoms with Crippen molar-refractivity contribution >= 4 is 35.0 Å². The van der Waals surface area contributed by atoms with Crippen molar-refractivity contribution in [2.24, 2.45) is 0 Å². The second-order valence-electron chi connectivity index (χ2n) is 4.00. The van der Waals surface area contributed by atoms with E-state index in [9.17, 15) is 14.0 Å². The Hall–Kier alpha value is -2.47. The second kappa shape index (κ2) is 6.81. The van der Waals surface area contributed by atoms with E-state index in [4.69, 9.17) is 0 Å². The minimum atomic E-state index is -0.515. The largest absolute Gasteiger partial charge is 0.465 e. The highest BCUT2D eigenvalue weighted by Gasteiger charge is 2.14. The molecule has 0 aliphatic rings. The van der Waals surface area contributed by atoms with Gasteiger partial charge in [-0.3, -0.25) is 4.79 Å². The molecular weight excluding hydrogens is 293 g/mol. The van der Waals surface area contributed by atoms with Gasteiger partial charge in [-0.1, -0.05) is 18.2 Å². The highest BCUT2D eigenvalue weighted by atomic mass is 32.1. The molecule has 6 heteroatoms. The molecule has 0 fully saturated rings. The third-order valence-electron chi connectivity index (χ3n) is 2.61. The summed E-state index contributed by atoms with van der Waals surface area (Å²) in [5.74, 6) is -1.38. The monoisotopic (exact) mass is 305 g/mol. The number of esters is 1. The quantitative estimate of drug-likeness (QED) is 0.696. The van der Waals surface area contributed by atoms with Crippen molar-refractivity contribution in [3.05, 3.63) is 58.0 Å². The van der Waals surface area contributed by atoms with Gasteiger partial charge in [-0.15, -0.1) is 11.3 Å². The molecule has 0 bridgehead atoms. The topological polar surface area (TPSA) is 55.4 Å². The van der Waals surface area contributed by atoms with Gasteiger partial charge in [0.05, 0.1) is 12.8 Å². The summed E-state index contributed by atoms with van der Waals surface area (Å²) < 4.78 is 18.0. The zero-order valence-corrected chi connectivity index (χ0v) is 11.9. The van der Waals surface area contributed by atoms with E-state index in [0.717, 1.165) is 0 Å². The van der Waals surface area contributed by atoms with E-state index in [1.807, 2.05) is 0 Å². The predicted molar refractivity (Wildman–Crippen MR) is 79.7 cm³/mol. The lowest BCUT2D eigenvalue weighted by atomic mass is 10.2. The highest BCUT2D eigenvalue weighted by Crippen LogP contribution is 2.23. The van der Waals surface area contributed by atoms with Gasteiger partial charge in [0, 0.05) is 11.6 Å². The van der Waals surface area contributed by atoms with Crippen molar-refractivity contribution in [2.45, 2.75) is 0 Å². The molecule has 1 amide bonds. The van der Waals surface area contributed by atoms with E-state index in [1.165, 1.54) is 36.7 Å². The number of halogens is 1. The van der Waals surface area contributed by atoms with Gasteiger partial charge >= 0.3 is 5.97 Å². The molecular formula is C15H12FNO3S. The number of nitrogens with one attached hydrogen (secondary N) is 1. The summed E-state index contributed by atoms with van der Waals surface area (Å²) in [6, 6.07) is 7.72. The fourth-order valence-electron chi connectivity index (χ4n) is 1.61. The number of hydrogen-bond acceptors (Lipinski definition) is 4. The van der Waals surface area contributed by atoms with E-state index in [2.05, 4.69) is 10.1 Å². The van der Waals surface area contributed by atoms with Crippen LogP contribution in [0.4, 0.5) is 10.1 Å². The van der Waals surface area contributed by atoms with Gasteiger partial charge < -0.3 is 10.1 Å². The fourth-order valence-corrected chi connectivity index (χ4v) is 2.37. The van der Waals surface area contributed by atoms with Gasteiger partial charge in [0.15, 0.2) is 0 Å². The lowest BCUT2D eigenvalue weighted by Crippen LogP contribution is -2.10. The van der Waals surface area contributed by atoms with Crippen LogP contribution in [0.3, 0.4) is 0 Å². The molecule has 0 saturated carbocycles. The molecule has 1 aromatic carbocycles. The predicted octanol–water partition coefficient (Wildman–Crippen LogP) is 3.33. The van der Waals surface area contributed by atoms with Crippen molar-refractivity contribution < 1.29 is 18.7 Å². The SMILES string of the molecule is COC(=O)c1sccc1NC(=O)/C=C/c1ccccc1F. The number of carbonyl (C=O) groups is 2. The Kier molecular flexibility index (Phi) is 4.84. The highest BCUT2D eigenvalue weighted by molar-refractivity contribution is 7.12. The normalized spacial score (nSPS) is 10.6. The standard InChI is InChI=1S/C15H12FNO3S/c1-20-15(19)14-12(8-9-21-14)17-13(18)7-6-10-4-2-3-5-11(10)16/h2-9H,1H3,(H,17,18)/b7-6+. The van der Waals surface area contributed by atoms with Crippen LogP contribution >= 0.6 is 11.3 Å². The van der Waals surface area contributed by atoms with Gasteiger partial charge in [-0.2, -0.15) is 0 Å². The zero-order valence-electron chi connectivity index (χ0n) is 11.1. The van der Waals surface area contributed by atoms with Crippen LogP contribution in [-0.2, 0) is 9.53 Å². The van der Waals surface area contributed by atoms with Gasteiger partial charge in [-0.05, 0) is 23.6 Å². The van der Waals surface area contributed by atoms with Crippen molar-refractivity contribution in [1.82, 2.24) is 0 Å². The molecule has 0 radical (unpaired) electrons. The van der Waals surface area contributed by atoms with Crippen LogP contribution in [0.5, 0.6) is 0 Å². The number of benzene rings is 1. The lowest BCUT2D eigenvalue weighted by Gasteiger charge is -2.02. The minimum Gasteiger partial charge on any atom is -0.465 e. The lowest BCUT2D eigenvalue weighted by molar-refractivity contribution is -0.111. The van der Waals surface area contributed by atoms with Gasteiger partial charge in [0.25, 0.3) is 0 Å². The van der Waals surface area contributed by atoms with Crippen LogP contribution in [0.25, 0.3) is 6.08 Å². The summed E-state index contributed by atoms with van der Waals surface area (Å²) in [5.41, 5.74) is 0.682. The molecule has 108 valence electrons. The van der Waals surface area contributed by atoms with E-state index in [1.54, 1.807) is 29.6 Å². The maximum atomic E-state index is 13.4. The van der Waals surface area contributed by atoms with Crippen molar-refractivity contribution in [1.29, 1.82) is 0 Å². The summed E-state index contributed by atoms with van der Waals surface area (Å²) >= 11 is 1.17. The first-order valence-electron chi connectivity index (χ1n) is 6.01. The van der Waals surface area contributed by atoms with Crippen LogP contribution in [0.2, 0.25) is 0 Å². The maximum absolute atomic E-state index is 13.4. The van der Waals surface area contributed by atoms with Gasteiger partial charge in [0.1, 0.15) is 10.7 Å². The number of rotatable bonds is 4. The van der Waals surface area contributed by atoms with Crippen LogP contribution in [-0.4, -0.2) is 19.0 Å². The maximum Gasteiger partial charge on any atom is 0.350 e. The molecule has 1 N–H and O–H groups in total. The number of methoxy groups -OCH3 is 1. The zero-order chi connectivity index (χ0) is 15.2. The van der Waals surface area contributed by atoms with Crippen LogP contribution in [0.1, 0.15) is 15.2 Å². The van der Waals surface area contributed by atoms with Crippen molar-refractivity contribution in [3.63, 3.8) is 0 Å². The number of hydrogen-bond donors (Lipinski definition) is 1. The molecule has 0 atom stereocenters. The van der Waals surface area contributed by atoms with Gasteiger partial charge in [0.2, 0.25) is 5.91 Å². The Morgan fingerprint density at radius 1 is 1.29 bits per heavy atom. The van der Waals surface area contributed by atoms with Crippen LogP contribution in [0.15, 0.2) is 41.8 Å². The molecule has 0 saturated heterocycles. The number of ether oxygens (including phenoxy) is 1. The molecule has 0 spiro atoms. The van der Waals surface area contributed by atoms with Crippen molar-refractivity contribution in [2.75, 3.05) is 12.4 Å². The summed E-state index contributed by atoms with van der Waals surface area (Å²) in [5, 5.41) is 4.23. The average molecular weight is 305 g/mol.